The van der Waals surface area contributed by atoms with Gasteiger partial charge in [-0.15, -0.1) is 11.3 Å². The maximum absolute atomic E-state index is 11.4. The van der Waals surface area contributed by atoms with Gasteiger partial charge >= 0.3 is 0 Å². The first-order valence-electron chi connectivity index (χ1n) is 5.24. The molecule has 0 aliphatic heterocycles. The van der Waals surface area contributed by atoms with Crippen molar-refractivity contribution >= 4 is 17.2 Å². The van der Waals surface area contributed by atoms with E-state index in [-0.39, 0.29) is 12.3 Å². The van der Waals surface area contributed by atoms with Crippen LogP contribution in [0.3, 0.4) is 0 Å². The van der Waals surface area contributed by atoms with Crippen LogP contribution in [0.2, 0.25) is 0 Å². The Hall–Kier alpha value is -1.66. The highest BCUT2D eigenvalue weighted by Gasteiger charge is 2.10. The lowest BCUT2D eigenvalue weighted by Gasteiger charge is -1.99. The van der Waals surface area contributed by atoms with Crippen molar-refractivity contribution in [1.82, 2.24) is 10.3 Å². The minimum atomic E-state index is -0.0959. The van der Waals surface area contributed by atoms with E-state index in [1.807, 2.05) is 17.5 Å². The van der Waals surface area contributed by atoms with Crippen molar-refractivity contribution in [2.24, 2.45) is 5.73 Å². The number of carbonyl (C=O) groups excluding carboxylic acids is 1. The maximum atomic E-state index is 11.4. The molecule has 1 amide bonds. The fourth-order valence-electron chi connectivity index (χ4n) is 1.34. The van der Waals surface area contributed by atoms with Crippen molar-refractivity contribution in [2.45, 2.75) is 6.42 Å². The SMILES string of the molecule is NCCNC(=O)Cc1coc(-c2cccs2)n1. The molecule has 2 rings (SSSR count). The maximum Gasteiger partial charge on any atom is 0.236 e. The lowest BCUT2D eigenvalue weighted by molar-refractivity contribution is -0.120. The molecule has 0 aliphatic carbocycles. The average Bonchev–Trinajstić information content (AvgIpc) is 2.95. The number of nitrogens with zero attached hydrogens (tertiary/aromatic N) is 1. The molecular weight excluding hydrogens is 238 g/mol. The summed E-state index contributed by atoms with van der Waals surface area (Å²) in [6.07, 6.45) is 1.73. The largest absolute Gasteiger partial charge is 0.444 e. The van der Waals surface area contributed by atoms with Gasteiger partial charge in [0.25, 0.3) is 0 Å². The molecule has 0 bridgehead atoms. The van der Waals surface area contributed by atoms with E-state index in [4.69, 9.17) is 10.2 Å². The number of hydrogen-bond acceptors (Lipinski definition) is 5. The molecule has 0 atom stereocenters. The number of amides is 1. The fraction of sp³-hybridized carbons (Fsp3) is 0.273. The molecule has 6 heteroatoms. The highest BCUT2D eigenvalue weighted by Crippen LogP contribution is 2.23. The Balaban J connectivity index is 1.97. The lowest BCUT2D eigenvalue weighted by atomic mass is 10.3. The molecule has 0 fully saturated rings. The summed E-state index contributed by atoms with van der Waals surface area (Å²) in [7, 11) is 0. The summed E-state index contributed by atoms with van der Waals surface area (Å²) in [6.45, 7) is 0.916. The van der Waals surface area contributed by atoms with Gasteiger partial charge in [-0.1, -0.05) is 6.07 Å². The molecular formula is C11H13N3O2S. The van der Waals surface area contributed by atoms with Gasteiger partial charge in [-0.25, -0.2) is 4.98 Å². The summed E-state index contributed by atoms with van der Waals surface area (Å²) in [6, 6.07) is 3.85. The number of rotatable bonds is 5. The van der Waals surface area contributed by atoms with Gasteiger partial charge in [0, 0.05) is 13.1 Å². The zero-order valence-corrected chi connectivity index (χ0v) is 10.00. The van der Waals surface area contributed by atoms with E-state index in [1.54, 1.807) is 11.3 Å². The highest BCUT2D eigenvalue weighted by molar-refractivity contribution is 7.13. The van der Waals surface area contributed by atoms with Crippen molar-refractivity contribution < 1.29 is 9.21 Å². The second-order valence-corrected chi connectivity index (χ2v) is 4.38. The van der Waals surface area contributed by atoms with Crippen LogP contribution in [-0.2, 0) is 11.2 Å². The number of nitrogens with one attached hydrogen (secondary N) is 1. The Kier molecular flexibility index (Phi) is 3.89. The summed E-state index contributed by atoms with van der Waals surface area (Å²) in [5.41, 5.74) is 5.92. The summed E-state index contributed by atoms with van der Waals surface area (Å²) in [5.74, 6) is 0.461. The third-order valence-corrected chi connectivity index (χ3v) is 2.95. The van der Waals surface area contributed by atoms with E-state index in [2.05, 4.69) is 10.3 Å². The van der Waals surface area contributed by atoms with Crippen molar-refractivity contribution in [3.8, 4) is 10.8 Å². The van der Waals surface area contributed by atoms with Crippen LogP contribution in [0.5, 0.6) is 0 Å². The molecule has 0 aromatic carbocycles. The quantitative estimate of drug-likeness (QED) is 0.831. The molecule has 0 aliphatic rings. The van der Waals surface area contributed by atoms with E-state index in [9.17, 15) is 4.79 Å². The third kappa shape index (κ3) is 3.15. The molecule has 90 valence electrons. The second kappa shape index (κ2) is 5.60. The van der Waals surface area contributed by atoms with Crippen molar-refractivity contribution in [2.75, 3.05) is 13.1 Å². The van der Waals surface area contributed by atoms with Crippen LogP contribution >= 0.6 is 11.3 Å². The van der Waals surface area contributed by atoms with Crippen LogP contribution < -0.4 is 11.1 Å². The molecule has 0 radical (unpaired) electrons. The standard InChI is InChI=1S/C11H13N3O2S/c12-3-4-13-10(15)6-8-7-16-11(14-8)9-2-1-5-17-9/h1-2,5,7H,3-4,6,12H2,(H,13,15). The first-order valence-corrected chi connectivity index (χ1v) is 6.12. The predicted octanol–water partition coefficient (Wildman–Crippen LogP) is 1.02. The Morgan fingerprint density at radius 3 is 3.18 bits per heavy atom. The Morgan fingerprint density at radius 2 is 2.47 bits per heavy atom. The fourth-order valence-corrected chi connectivity index (χ4v) is 2.00. The van der Waals surface area contributed by atoms with E-state index >= 15 is 0 Å². The third-order valence-electron chi connectivity index (χ3n) is 2.09. The summed E-state index contributed by atoms with van der Waals surface area (Å²) in [4.78, 5) is 16.6. The Labute approximate surface area is 103 Å². The predicted molar refractivity (Wildman–Crippen MR) is 65.6 cm³/mol. The molecule has 0 spiro atoms. The van der Waals surface area contributed by atoms with Gasteiger partial charge in [0.2, 0.25) is 11.8 Å². The number of hydrogen-bond donors (Lipinski definition) is 2. The van der Waals surface area contributed by atoms with Crippen LogP contribution in [-0.4, -0.2) is 24.0 Å². The second-order valence-electron chi connectivity index (χ2n) is 3.44. The van der Waals surface area contributed by atoms with E-state index in [0.717, 1.165) is 4.88 Å². The molecule has 0 saturated heterocycles. The summed E-state index contributed by atoms with van der Waals surface area (Å²) >= 11 is 1.55. The van der Waals surface area contributed by atoms with E-state index in [1.165, 1.54) is 6.26 Å². The zero-order chi connectivity index (χ0) is 12.1. The first kappa shape index (κ1) is 11.8. The van der Waals surface area contributed by atoms with E-state index < -0.39 is 0 Å². The van der Waals surface area contributed by atoms with E-state index in [0.29, 0.717) is 24.7 Å². The van der Waals surface area contributed by atoms with Gasteiger partial charge in [0.15, 0.2) is 0 Å². The smallest absolute Gasteiger partial charge is 0.236 e. The Morgan fingerprint density at radius 1 is 1.59 bits per heavy atom. The zero-order valence-electron chi connectivity index (χ0n) is 9.18. The molecule has 17 heavy (non-hydrogen) atoms. The molecule has 5 nitrogen and oxygen atoms in total. The monoisotopic (exact) mass is 251 g/mol. The van der Waals surface area contributed by atoms with Gasteiger partial charge in [-0.3, -0.25) is 4.79 Å². The van der Waals surface area contributed by atoms with Crippen molar-refractivity contribution in [3.63, 3.8) is 0 Å². The molecule has 2 aromatic heterocycles. The van der Waals surface area contributed by atoms with Crippen LogP contribution in [0.1, 0.15) is 5.69 Å². The number of nitrogens with two attached hydrogens (primary N) is 1. The number of thiophene rings is 1. The van der Waals surface area contributed by atoms with Crippen LogP contribution in [0.15, 0.2) is 28.2 Å². The highest BCUT2D eigenvalue weighted by atomic mass is 32.1. The van der Waals surface area contributed by atoms with Crippen LogP contribution in [0.4, 0.5) is 0 Å². The van der Waals surface area contributed by atoms with Gasteiger partial charge < -0.3 is 15.5 Å². The van der Waals surface area contributed by atoms with Gasteiger partial charge in [0.1, 0.15) is 6.26 Å². The molecule has 0 unspecified atom stereocenters. The van der Waals surface area contributed by atoms with Gasteiger partial charge in [-0.05, 0) is 11.4 Å². The van der Waals surface area contributed by atoms with Crippen molar-refractivity contribution in [1.29, 1.82) is 0 Å². The molecule has 2 aromatic rings. The topological polar surface area (TPSA) is 81.1 Å². The molecule has 3 N–H and O–H groups in total. The van der Waals surface area contributed by atoms with Crippen LogP contribution in [0, 0.1) is 0 Å². The van der Waals surface area contributed by atoms with Gasteiger partial charge in [-0.2, -0.15) is 0 Å². The van der Waals surface area contributed by atoms with Crippen LogP contribution in [0.25, 0.3) is 10.8 Å². The minimum Gasteiger partial charge on any atom is -0.444 e. The minimum absolute atomic E-state index is 0.0959. The normalized spacial score (nSPS) is 10.4. The summed E-state index contributed by atoms with van der Waals surface area (Å²) in [5, 5.41) is 4.63. The first-order chi connectivity index (χ1) is 8.29. The molecule has 2 heterocycles. The van der Waals surface area contributed by atoms with Gasteiger partial charge in [0.05, 0.1) is 17.0 Å². The number of oxazole rings is 1. The number of carbonyl (C=O) groups is 1. The lowest BCUT2D eigenvalue weighted by Crippen LogP contribution is -2.30. The van der Waals surface area contributed by atoms with Crippen molar-refractivity contribution in [3.05, 3.63) is 29.5 Å². The average molecular weight is 251 g/mol. The Bertz CT molecular complexity index is 479. The summed E-state index contributed by atoms with van der Waals surface area (Å²) < 4.78 is 5.31. The number of aromatic nitrogens is 1. The molecule has 0 saturated carbocycles.